The van der Waals surface area contributed by atoms with Gasteiger partial charge in [0.15, 0.2) is 11.5 Å². The van der Waals surface area contributed by atoms with Gasteiger partial charge in [-0.1, -0.05) is 36.4 Å². The number of nitro groups is 1. The predicted molar refractivity (Wildman–Crippen MR) is 161 cm³/mol. The lowest BCUT2D eigenvalue weighted by Crippen LogP contribution is -2.14. The summed E-state index contributed by atoms with van der Waals surface area (Å²) in [6.45, 7) is 3.60. The fourth-order valence-corrected chi connectivity index (χ4v) is 7.97. The molecule has 0 fully saturated rings. The van der Waals surface area contributed by atoms with Crippen LogP contribution in [0.4, 0.5) is 5.69 Å². The number of nitrogens with zero attached hydrogens (tertiary/aromatic N) is 2. The van der Waals surface area contributed by atoms with Gasteiger partial charge in [0.1, 0.15) is 0 Å². The summed E-state index contributed by atoms with van der Waals surface area (Å²) in [5, 5.41) is 12.5. The molecule has 0 aliphatic heterocycles. The molecule has 11 nitrogen and oxygen atoms in total. The Bertz CT molecular complexity index is 1770. The fraction of sp³-hybridized carbons (Fsp3) is 0.241. The van der Waals surface area contributed by atoms with Crippen molar-refractivity contribution in [2.24, 2.45) is 0 Å². The Morgan fingerprint density at radius 3 is 2.10 bits per heavy atom. The van der Waals surface area contributed by atoms with Crippen LogP contribution in [0.15, 0.2) is 71.6 Å². The highest BCUT2D eigenvalue weighted by atomic mass is 32.2. The average Bonchev–Trinajstić information content (AvgIpc) is 3.29. The van der Waals surface area contributed by atoms with Crippen molar-refractivity contribution < 1.29 is 36.4 Å². The van der Waals surface area contributed by atoms with Crippen LogP contribution in [-0.4, -0.2) is 44.7 Å². The summed E-state index contributed by atoms with van der Waals surface area (Å²) in [7, 11) is -5.14. The highest BCUT2D eigenvalue weighted by Gasteiger charge is 2.32. The van der Waals surface area contributed by atoms with Crippen molar-refractivity contribution in [3.05, 3.63) is 93.7 Å². The first-order chi connectivity index (χ1) is 20.1. The number of rotatable bonds is 13. The van der Waals surface area contributed by atoms with Gasteiger partial charge in [-0.3, -0.25) is 14.7 Å². The number of fused-ring (bicyclic) bond motifs is 1. The second kappa shape index (κ2) is 12.9. The van der Waals surface area contributed by atoms with Crippen molar-refractivity contribution in [2.75, 3.05) is 27.4 Å². The van der Waals surface area contributed by atoms with Crippen LogP contribution in [0.5, 0.6) is 11.5 Å². The molecule has 13 heteroatoms. The zero-order valence-electron chi connectivity index (χ0n) is 23.6. The minimum absolute atomic E-state index is 0.0295. The second-order valence-corrected chi connectivity index (χ2v) is 12.8. The zero-order chi connectivity index (χ0) is 30.5. The third-order valence-corrected chi connectivity index (χ3v) is 10.2. The summed E-state index contributed by atoms with van der Waals surface area (Å²) in [6.07, 6.45) is 2.63. The van der Waals surface area contributed by atoms with E-state index in [9.17, 15) is 23.1 Å². The number of hydrogen-bond acceptors (Lipinski definition) is 9. The van der Waals surface area contributed by atoms with Crippen LogP contribution < -0.4 is 9.47 Å². The molecule has 0 saturated carbocycles. The van der Waals surface area contributed by atoms with Crippen molar-refractivity contribution in [3.8, 4) is 11.5 Å². The SMILES string of the molecule is CCOP(=O)(Cc1c(/C=C/c2cc(OC)c(OC)cc2[N+](=O)[O-])n(S(=O)(=O)c2ccccc2)c2ccccc12)OCC. The van der Waals surface area contributed by atoms with E-state index in [2.05, 4.69) is 0 Å². The molecule has 0 saturated heterocycles. The lowest BCUT2D eigenvalue weighted by molar-refractivity contribution is -0.385. The molecule has 1 aromatic heterocycles. The van der Waals surface area contributed by atoms with E-state index in [1.165, 1.54) is 50.6 Å². The number of benzene rings is 3. The molecule has 0 aliphatic rings. The molecule has 0 bridgehead atoms. The van der Waals surface area contributed by atoms with E-state index >= 15 is 0 Å². The summed E-state index contributed by atoms with van der Waals surface area (Å²) in [5.41, 5.74) is 0.708. The number of aromatic nitrogens is 1. The molecule has 0 spiro atoms. The van der Waals surface area contributed by atoms with Crippen LogP contribution >= 0.6 is 7.60 Å². The van der Waals surface area contributed by atoms with E-state index in [4.69, 9.17) is 18.5 Å². The van der Waals surface area contributed by atoms with Crippen LogP contribution in [0.2, 0.25) is 0 Å². The number of nitro benzene ring substituents is 1. The Morgan fingerprint density at radius 1 is 0.905 bits per heavy atom. The maximum Gasteiger partial charge on any atom is 0.335 e. The van der Waals surface area contributed by atoms with Crippen LogP contribution in [0.3, 0.4) is 0 Å². The number of para-hydroxylation sites is 1. The fourth-order valence-electron chi connectivity index (χ4n) is 4.65. The lowest BCUT2D eigenvalue weighted by atomic mass is 10.1. The highest BCUT2D eigenvalue weighted by molar-refractivity contribution is 7.90. The van der Waals surface area contributed by atoms with Gasteiger partial charge in [-0.15, -0.1) is 0 Å². The summed E-state index contributed by atoms with van der Waals surface area (Å²) < 4.78 is 64.8. The third kappa shape index (κ3) is 6.12. The Morgan fingerprint density at radius 2 is 1.50 bits per heavy atom. The second-order valence-electron chi connectivity index (χ2n) is 8.92. The van der Waals surface area contributed by atoms with Crippen LogP contribution in [-0.2, 0) is 29.8 Å². The Balaban J connectivity index is 2.06. The summed E-state index contributed by atoms with van der Waals surface area (Å²) >= 11 is 0. The van der Waals surface area contributed by atoms with Gasteiger partial charge in [0, 0.05) is 5.39 Å². The maximum absolute atomic E-state index is 14.1. The molecule has 0 atom stereocenters. The van der Waals surface area contributed by atoms with Crippen molar-refractivity contribution in [3.63, 3.8) is 0 Å². The predicted octanol–water partition coefficient (Wildman–Crippen LogP) is 6.74. The zero-order valence-corrected chi connectivity index (χ0v) is 25.3. The van der Waals surface area contributed by atoms with Gasteiger partial charge in [0.25, 0.3) is 15.7 Å². The average molecular weight is 615 g/mol. The Labute approximate surface area is 244 Å². The van der Waals surface area contributed by atoms with Crippen molar-refractivity contribution in [2.45, 2.75) is 24.9 Å². The molecular formula is C29H31N2O9PS. The van der Waals surface area contributed by atoms with Crippen molar-refractivity contribution >= 4 is 46.4 Å². The molecule has 0 unspecified atom stereocenters. The van der Waals surface area contributed by atoms with Crippen LogP contribution in [0, 0.1) is 10.1 Å². The monoisotopic (exact) mass is 614 g/mol. The molecule has 4 rings (SSSR count). The van der Waals surface area contributed by atoms with Gasteiger partial charge in [0.2, 0.25) is 0 Å². The maximum atomic E-state index is 14.1. The number of methoxy groups -OCH3 is 2. The van der Waals surface area contributed by atoms with Crippen LogP contribution in [0.25, 0.3) is 23.1 Å². The first-order valence-corrected chi connectivity index (χ1v) is 16.2. The molecule has 0 aliphatic carbocycles. The molecule has 3 aromatic carbocycles. The normalized spacial score (nSPS) is 12.2. The van der Waals surface area contributed by atoms with Gasteiger partial charge in [-0.05, 0) is 55.8 Å². The summed E-state index contributed by atoms with van der Waals surface area (Å²) in [4.78, 5) is 11.4. The quantitative estimate of drug-likeness (QED) is 0.0911. The topological polar surface area (TPSA) is 136 Å². The van der Waals surface area contributed by atoms with E-state index in [1.54, 1.807) is 56.3 Å². The smallest absolute Gasteiger partial charge is 0.335 e. The molecule has 0 amide bonds. The Kier molecular flexibility index (Phi) is 9.53. The molecule has 0 N–H and O–H groups in total. The standard InChI is InChI=1S/C29H31N2O9PS/c1-5-39-41(34,40-6-2)20-24-23-14-10-11-15-25(23)30(42(35,36)22-12-8-7-9-13-22)26(24)17-16-21-18-28(37-3)29(38-4)19-27(21)31(32)33/h7-19H,5-6,20H2,1-4H3/b17-16+. The number of ether oxygens (including phenoxy) is 2. The van der Waals surface area contributed by atoms with E-state index in [0.29, 0.717) is 16.5 Å². The van der Waals surface area contributed by atoms with Crippen LogP contribution in [0.1, 0.15) is 30.7 Å². The van der Waals surface area contributed by atoms with E-state index in [-0.39, 0.29) is 52.7 Å². The molecule has 4 aromatic rings. The van der Waals surface area contributed by atoms with E-state index in [0.717, 1.165) is 3.97 Å². The Hall–Kier alpha value is -3.96. The van der Waals surface area contributed by atoms with Gasteiger partial charge < -0.3 is 18.5 Å². The van der Waals surface area contributed by atoms with Gasteiger partial charge in [-0.2, -0.15) is 0 Å². The van der Waals surface area contributed by atoms with Crippen molar-refractivity contribution in [1.82, 2.24) is 3.97 Å². The largest absolute Gasteiger partial charge is 0.493 e. The minimum Gasteiger partial charge on any atom is -0.493 e. The lowest BCUT2D eigenvalue weighted by Gasteiger charge is -2.17. The number of hydrogen-bond donors (Lipinski definition) is 0. The molecule has 42 heavy (non-hydrogen) atoms. The van der Waals surface area contributed by atoms with Gasteiger partial charge in [0.05, 0.1) is 66.3 Å². The van der Waals surface area contributed by atoms with E-state index < -0.39 is 22.5 Å². The molecular weight excluding hydrogens is 583 g/mol. The third-order valence-electron chi connectivity index (χ3n) is 6.41. The molecule has 0 radical (unpaired) electrons. The molecule has 1 heterocycles. The van der Waals surface area contributed by atoms with Crippen molar-refractivity contribution in [1.29, 1.82) is 0 Å². The highest BCUT2D eigenvalue weighted by Crippen LogP contribution is 2.53. The van der Waals surface area contributed by atoms with Gasteiger partial charge >= 0.3 is 7.60 Å². The first-order valence-electron chi connectivity index (χ1n) is 13.0. The van der Waals surface area contributed by atoms with E-state index in [1.807, 2.05) is 0 Å². The summed E-state index contributed by atoms with van der Waals surface area (Å²) in [6, 6.07) is 17.3. The summed E-state index contributed by atoms with van der Waals surface area (Å²) in [5.74, 6) is 0.412. The molecule has 222 valence electrons. The first kappa shape index (κ1) is 31.0. The minimum atomic E-state index is -4.19. The van der Waals surface area contributed by atoms with Gasteiger partial charge in [-0.25, -0.2) is 12.4 Å².